The Bertz CT molecular complexity index is 947. The van der Waals surface area contributed by atoms with E-state index in [1.807, 2.05) is 0 Å². The molecule has 0 bridgehead atoms. The predicted octanol–water partition coefficient (Wildman–Crippen LogP) is 4.02. The number of hydrogen-bond acceptors (Lipinski definition) is 4. The largest absolute Gasteiger partial charge is 0.340 e. The van der Waals surface area contributed by atoms with Crippen LogP contribution in [-0.4, -0.2) is 10.9 Å². The maximum Gasteiger partial charge on any atom is 0.228 e. The van der Waals surface area contributed by atoms with Gasteiger partial charge < -0.3 is 10.6 Å². The van der Waals surface area contributed by atoms with Gasteiger partial charge in [-0.15, -0.1) is 0 Å². The van der Waals surface area contributed by atoms with Gasteiger partial charge in [0.15, 0.2) is 0 Å². The minimum Gasteiger partial charge on any atom is -0.340 e. The van der Waals surface area contributed by atoms with Gasteiger partial charge in [0.2, 0.25) is 5.91 Å². The molecular weight excluding hydrogens is 331 g/mol. The number of hydrogen-bond donors (Lipinski definition) is 2. The number of amides is 1. The smallest absolute Gasteiger partial charge is 0.228 e. The summed E-state index contributed by atoms with van der Waals surface area (Å²) in [5.41, 5.74) is 2.25. The lowest BCUT2D eigenvalue weighted by Gasteiger charge is -2.08. The molecule has 0 aliphatic carbocycles. The third kappa shape index (κ3) is 4.42. The van der Waals surface area contributed by atoms with E-state index in [-0.39, 0.29) is 12.3 Å². The Labute approximate surface area is 150 Å². The molecule has 5 nitrogen and oxygen atoms in total. The molecule has 0 radical (unpaired) electrons. The van der Waals surface area contributed by atoms with Gasteiger partial charge in [0.05, 0.1) is 29.9 Å². The number of nitriles is 1. The van der Waals surface area contributed by atoms with E-state index in [0.717, 1.165) is 5.69 Å². The number of carbonyl (C=O) groups excluding carboxylic acids is 1. The summed E-state index contributed by atoms with van der Waals surface area (Å²) in [6.07, 6.45) is 1.48. The fraction of sp³-hybridized carbons (Fsp3) is 0.0500. The predicted molar refractivity (Wildman–Crippen MR) is 97.4 cm³/mol. The van der Waals surface area contributed by atoms with Crippen molar-refractivity contribution in [2.75, 3.05) is 10.6 Å². The molecule has 0 fully saturated rings. The zero-order valence-electron chi connectivity index (χ0n) is 13.7. The zero-order chi connectivity index (χ0) is 18.4. The fourth-order valence-electron chi connectivity index (χ4n) is 2.34. The third-order valence-corrected chi connectivity index (χ3v) is 3.64. The SMILES string of the molecule is N#Cc1ccc(Nc2ccc(NC(=O)Cc3ccccc3F)cn2)cc1. The highest BCUT2D eigenvalue weighted by Crippen LogP contribution is 2.17. The Morgan fingerprint density at radius 3 is 2.42 bits per heavy atom. The molecule has 3 aromatic rings. The zero-order valence-corrected chi connectivity index (χ0v) is 13.7. The first-order chi connectivity index (χ1) is 12.6. The number of nitrogens with one attached hydrogen (secondary N) is 2. The highest BCUT2D eigenvalue weighted by molar-refractivity contribution is 5.92. The molecule has 0 unspecified atom stereocenters. The van der Waals surface area contributed by atoms with Crippen LogP contribution >= 0.6 is 0 Å². The summed E-state index contributed by atoms with van der Waals surface area (Å²) in [6.45, 7) is 0. The molecule has 0 aliphatic heterocycles. The second-order valence-electron chi connectivity index (χ2n) is 5.56. The number of pyridine rings is 1. The molecule has 1 aromatic heterocycles. The van der Waals surface area contributed by atoms with E-state index in [1.165, 1.54) is 12.3 Å². The van der Waals surface area contributed by atoms with E-state index in [1.54, 1.807) is 54.6 Å². The normalized spacial score (nSPS) is 10.0. The molecular formula is C20H15FN4O. The molecule has 1 heterocycles. The van der Waals surface area contributed by atoms with E-state index < -0.39 is 5.82 Å². The summed E-state index contributed by atoms with van der Waals surface area (Å²) in [5.74, 6) is -0.116. The van der Waals surface area contributed by atoms with Crippen LogP contribution in [0.3, 0.4) is 0 Å². The minimum absolute atomic E-state index is 0.0437. The van der Waals surface area contributed by atoms with Crippen molar-refractivity contribution in [1.82, 2.24) is 4.98 Å². The number of aromatic nitrogens is 1. The van der Waals surface area contributed by atoms with Crippen molar-refractivity contribution in [2.45, 2.75) is 6.42 Å². The van der Waals surface area contributed by atoms with Gasteiger partial charge in [-0.25, -0.2) is 9.37 Å². The quantitative estimate of drug-likeness (QED) is 0.731. The second kappa shape index (κ2) is 7.90. The lowest BCUT2D eigenvalue weighted by atomic mass is 10.1. The average Bonchev–Trinajstić information content (AvgIpc) is 2.66. The summed E-state index contributed by atoms with van der Waals surface area (Å²) in [5, 5.41) is 14.6. The fourth-order valence-corrected chi connectivity index (χ4v) is 2.34. The molecule has 1 amide bonds. The molecule has 128 valence electrons. The number of benzene rings is 2. The Morgan fingerprint density at radius 1 is 1.04 bits per heavy atom. The molecule has 6 heteroatoms. The van der Waals surface area contributed by atoms with Crippen LogP contribution in [0.4, 0.5) is 21.6 Å². The summed E-state index contributed by atoms with van der Waals surface area (Å²) in [7, 11) is 0. The van der Waals surface area contributed by atoms with Gasteiger partial charge in [-0.05, 0) is 48.0 Å². The van der Waals surface area contributed by atoms with Crippen molar-refractivity contribution in [2.24, 2.45) is 0 Å². The molecule has 0 saturated carbocycles. The van der Waals surface area contributed by atoms with Crippen molar-refractivity contribution in [1.29, 1.82) is 5.26 Å². The number of anilines is 3. The van der Waals surface area contributed by atoms with Gasteiger partial charge >= 0.3 is 0 Å². The van der Waals surface area contributed by atoms with Crippen LogP contribution in [0.15, 0.2) is 66.9 Å². The summed E-state index contributed by atoms with van der Waals surface area (Å²) >= 11 is 0. The number of nitrogens with zero attached hydrogens (tertiary/aromatic N) is 2. The van der Waals surface area contributed by atoms with Gasteiger partial charge in [0.25, 0.3) is 0 Å². The molecule has 0 aliphatic rings. The van der Waals surface area contributed by atoms with Crippen molar-refractivity contribution in [3.63, 3.8) is 0 Å². The highest BCUT2D eigenvalue weighted by Gasteiger charge is 2.08. The summed E-state index contributed by atoms with van der Waals surface area (Å²) in [6, 6.07) is 18.6. The first-order valence-corrected chi connectivity index (χ1v) is 7.90. The Balaban J connectivity index is 1.59. The van der Waals surface area contributed by atoms with Crippen LogP contribution in [-0.2, 0) is 11.2 Å². The van der Waals surface area contributed by atoms with E-state index in [0.29, 0.717) is 22.6 Å². The van der Waals surface area contributed by atoms with E-state index in [4.69, 9.17) is 5.26 Å². The summed E-state index contributed by atoms with van der Waals surface area (Å²) < 4.78 is 13.6. The first kappa shape index (κ1) is 17.1. The number of carbonyl (C=O) groups is 1. The monoisotopic (exact) mass is 346 g/mol. The molecule has 0 saturated heterocycles. The maximum atomic E-state index is 13.6. The van der Waals surface area contributed by atoms with Crippen molar-refractivity contribution in [3.05, 3.63) is 83.8 Å². The van der Waals surface area contributed by atoms with Crippen molar-refractivity contribution < 1.29 is 9.18 Å². The maximum absolute atomic E-state index is 13.6. The van der Waals surface area contributed by atoms with E-state index in [2.05, 4.69) is 21.7 Å². The van der Waals surface area contributed by atoms with Gasteiger partial charge in [0.1, 0.15) is 11.6 Å². The molecule has 2 N–H and O–H groups in total. The molecule has 0 atom stereocenters. The van der Waals surface area contributed by atoms with Crippen LogP contribution < -0.4 is 10.6 Å². The third-order valence-electron chi connectivity index (χ3n) is 3.64. The standard InChI is InChI=1S/C20H15FN4O/c21-18-4-2-1-3-15(18)11-20(26)25-17-9-10-19(23-13-17)24-16-7-5-14(12-22)6-8-16/h1-10,13H,11H2,(H,23,24)(H,25,26). The molecule has 26 heavy (non-hydrogen) atoms. The average molecular weight is 346 g/mol. The molecule has 0 spiro atoms. The van der Waals surface area contributed by atoms with Crippen LogP contribution in [0.5, 0.6) is 0 Å². The molecule has 3 rings (SSSR count). The van der Waals surface area contributed by atoms with Gasteiger partial charge in [0, 0.05) is 5.69 Å². The van der Waals surface area contributed by atoms with E-state index in [9.17, 15) is 9.18 Å². The van der Waals surface area contributed by atoms with Crippen molar-refractivity contribution >= 4 is 23.1 Å². The Hall–Kier alpha value is -3.72. The minimum atomic E-state index is -0.400. The van der Waals surface area contributed by atoms with Gasteiger partial charge in [-0.2, -0.15) is 5.26 Å². The van der Waals surface area contributed by atoms with Crippen LogP contribution in [0, 0.1) is 17.1 Å². The topological polar surface area (TPSA) is 77.8 Å². The second-order valence-corrected chi connectivity index (χ2v) is 5.56. The van der Waals surface area contributed by atoms with E-state index >= 15 is 0 Å². The Kier molecular flexibility index (Phi) is 5.20. The van der Waals surface area contributed by atoms with Gasteiger partial charge in [-0.1, -0.05) is 18.2 Å². The molecule has 2 aromatic carbocycles. The van der Waals surface area contributed by atoms with Crippen LogP contribution in [0.1, 0.15) is 11.1 Å². The van der Waals surface area contributed by atoms with Crippen LogP contribution in [0.2, 0.25) is 0 Å². The first-order valence-electron chi connectivity index (χ1n) is 7.90. The highest BCUT2D eigenvalue weighted by atomic mass is 19.1. The Morgan fingerprint density at radius 2 is 1.77 bits per heavy atom. The van der Waals surface area contributed by atoms with Gasteiger partial charge in [-0.3, -0.25) is 4.79 Å². The summed E-state index contributed by atoms with van der Waals surface area (Å²) in [4.78, 5) is 16.3. The van der Waals surface area contributed by atoms with Crippen molar-refractivity contribution in [3.8, 4) is 6.07 Å². The number of rotatable bonds is 5. The van der Waals surface area contributed by atoms with Crippen LogP contribution in [0.25, 0.3) is 0 Å². The lowest BCUT2D eigenvalue weighted by molar-refractivity contribution is -0.115. The number of halogens is 1. The lowest BCUT2D eigenvalue weighted by Crippen LogP contribution is -2.15.